The van der Waals surface area contributed by atoms with E-state index in [2.05, 4.69) is 20.8 Å². The first-order chi connectivity index (χ1) is 14.2. The van der Waals surface area contributed by atoms with Gasteiger partial charge >= 0.3 is 5.97 Å². The molecule has 0 amide bonds. The molecule has 3 aromatic rings. The van der Waals surface area contributed by atoms with Gasteiger partial charge in [0.15, 0.2) is 0 Å². The first-order valence-electron chi connectivity index (χ1n) is 9.96. The Morgan fingerprint density at radius 2 is 1.83 bits per heavy atom. The maximum absolute atomic E-state index is 12.3. The number of allylic oxidation sites excluding steroid dienone is 1. The zero-order chi connectivity index (χ0) is 21.6. The molecule has 3 nitrogen and oxygen atoms in total. The Labute approximate surface area is 186 Å². The number of para-hydroxylation sites is 1. The van der Waals surface area contributed by atoms with Crippen LogP contribution in [0.15, 0.2) is 42.5 Å². The fourth-order valence-electron chi connectivity index (χ4n) is 4.20. The van der Waals surface area contributed by atoms with Gasteiger partial charge in [0.25, 0.3) is 0 Å². The van der Waals surface area contributed by atoms with Gasteiger partial charge < -0.3 is 5.11 Å². The minimum absolute atomic E-state index is 0.0102. The molecule has 1 aliphatic carbocycles. The fraction of sp³-hybridized carbons (Fsp3) is 0.280. The molecular weight excluding hydrogens is 417 g/mol. The van der Waals surface area contributed by atoms with E-state index in [0.29, 0.717) is 32.9 Å². The molecule has 0 saturated carbocycles. The number of fused-ring (bicyclic) bond motifs is 2. The van der Waals surface area contributed by atoms with Crippen molar-refractivity contribution in [3.63, 3.8) is 0 Å². The number of nitrogens with zero attached hydrogens (tertiary/aromatic N) is 1. The molecule has 0 spiro atoms. The minimum atomic E-state index is -0.917. The van der Waals surface area contributed by atoms with Gasteiger partial charge in [-0.3, -0.25) is 0 Å². The first kappa shape index (κ1) is 20.9. The predicted molar refractivity (Wildman–Crippen MR) is 124 cm³/mol. The molecule has 30 heavy (non-hydrogen) atoms. The summed E-state index contributed by atoms with van der Waals surface area (Å²) in [4.78, 5) is 17.2. The third kappa shape index (κ3) is 3.73. The maximum Gasteiger partial charge on any atom is 0.336 e. The van der Waals surface area contributed by atoms with Gasteiger partial charge in [0.1, 0.15) is 0 Å². The van der Waals surface area contributed by atoms with Gasteiger partial charge in [-0.2, -0.15) is 0 Å². The van der Waals surface area contributed by atoms with Crippen molar-refractivity contribution in [2.75, 3.05) is 0 Å². The third-order valence-electron chi connectivity index (χ3n) is 5.96. The van der Waals surface area contributed by atoms with Crippen molar-refractivity contribution < 1.29 is 9.90 Å². The van der Waals surface area contributed by atoms with Crippen molar-refractivity contribution in [3.8, 4) is 0 Å². The van der Waals surface area contributed by atoms with Crippen molar-refractivity contribution >= 4 is 51.7 Å². The highest BCUT2D eigenvalue weighted by Gasteiger charge is 2.35. The molecule has 1 aliphatic rings. The van der Waals surface area contributed by atoms with E-state index in [0.717, 1.165) is 28.8 Å². The van der Waals surface area contributed by atoms with Gasteiger partial charge in [-0.1, -0.05) is 74.3 Å². The van der Waals surface area contributed by atoms with Crippen LogP contribution >= 0.6 is 23.2 Å². The summed E-state index contributed by atoms with van der Waals surface area (Å²) in [6.45, 7) is 6.59. The number of hydrogen-bond acceptors (Lipinski definition) is 2. The van der Waals surface area contributed by atoms with Crippen LogP contribution < -0.4 is 0 Å². The van der Waals surface area contributed by atoms with E-state index in [1.807, 2.05) is 42.5 Å². The number of carbonyl (C=O) groups is 1. The van der Waals surface area contributed by atoms with Crippen LogP contribution in [-0.4, -0.2) is 16.1 Å². The second kappa shape index (κ2) is 7.72. The number of aromatic nitrogens is 1. The normalized spacial score (nSPS) is 17.9. The Morgan fingerprint density at radius 3 is 2.53 bits per heavy atom. The molecule has 1 aromatic heterocycles. The van der Waals surface area contributed by atoms with E-state index in [1.54, 1.807) is 6.07 Å². The molecule has 154 valence electrons. The summed E-state index contributed by atoms with van der Waals surface area (Å²) in [5, 5.41) is 11.8. The molecule has 1 atom stereocenters. The second-order valence-corrected chi connectivity index (χ2v) is 9.71. The van der Waals surface area contributed by atoms with E-state index >= 15 is 0 Å². The molecule has 4 rings (SSSR count). The van der Waals surface area contributed by atoms with Crippen LogP contribution in [0.1, 0.15) is 54.4 Å². The van der Waals surface area contributed by atoms with Crippen LogP contribution in [0.5, 0.6) is 0 Å². The average Bonchev–Trinajstić information content (AvgIpc) is 2.68. The molecule has 1 unspecified atom stereocenters. The highest BCUT2D eigenvalue weighted by molar-refractivity contribution is 6.43. The van der Waals surface area contributed by atoms with Crippen LogP contribution in [0.25, 0.3) is 22.6 Å². The quantitative estimate of drug-likeness (QED) is 0.452. The summed E-state index contributed by atoms with van der Waals surface area (Å²) >= 11 is 12.7. The lowest BCUT2D eigenvalue weighted by Gasteiger charge is -2.36. The topological polar surface area (TPSA) is 50.2 Å². The molecule has 0 aliphatic heterocycles. The van der Waals surface area contributed by atoms with Gasteiger partial charge in [0.05, 0.1) is 26.8 Å². The number of aromatic carboxylic acids is 1. The molecule has 2 aromatic carbocycles. The molecule has 0 radical (unpaired) electrons. The lowest BCUT2D eigenvalue weighted by Crippen LogP contribution is -2.28. The van der Waals surface area contributed by atoms with Crippen LogP contribution in [0.3, 0.4) is 0 Å². The van der Waals surface area contributed by atoms with Crippen molar-refractivity contribution in [2.45, 2.75) is 33.6 Å². The highest BCUT2D eigenvalue weighted by Crippen LogP contribution is 2.45. The van der Waals surface area contributed by atoms with E-state index in [-0.39, 0.29) is 11.3 Å². The maximum atomic E-state index is 12.3. The number of pyridine rings is 1. The average molecular weight is 440 g/mol. The second-order valence-electron chi connectivity index (χ2n) is 8.92. The van der Waals surface area contributed by atoms with E-state index < -0.39 is 5.97 Å². The molecule has 0 fully saturated rings. The fourth-order valence-corrected chi connectivity index (χ4v) is 4.56. The third-order valence-corrected chi connectivity index (χ3v) is 6.80. The number of rotatable bonds is 2. The van der Waals surface area contributed by atoms with Crippen molar-refractivity contribution in [3.05, 3.63) is 74.9 Å². The number of hydrogen-bond donors (Lipinski definition) is 1. The van der Waals surface area contributed by atoms with E-state index in [1.165, 1.54) is 0 Å². The smallest absolute Gasteiger partial charge is 0.336 e. The summed E-state index contributed by atoms with van der Waals surface area (Å²) in [5.74, 6) is -0.644. The van der Waals surface area contributed by atoms with Gasteiger partial charge in [-0.15, -0.1) is 0 Å². The predicted octanol–water partition coefficient (Wildman–Crippen LogP) is 7.39. The number of carboxylic acids is 1. The number of halogens is 2. The molecular formula is C25H23Cl2NO2. The van der Waals surface area contributed by atoms with Gasteiger partial charge in [-0.05, 0) is 59.1 Å². The molecule has 5 heteroatoms. The van der Waals surface area contributed by atoms with Crippen LogP contribution in [-0.2, 0) is 6.42 Å². The zero-order valence-electron chi connectivity index (χ0n) is 17.2. The summed E-state index contributed by atoms with van der Waals surface area (Å²) in [7, 11) is 0. The standard InChI is InChI=1S/C25H23Cl2NO2/c1-25(2,3)16-12-15(11-14-7-6-9-19(26)22(14)27)23-18(13-16)21(24(29)30)17-8-4-5-10-20(17)28-23/h4-11,16H,12-13H2,1-3H3,(H,29,30). The largest absolute Gasteiger partial charge is 0.478 e. The van der Waals surface area contributed by atoms with Crippen molar-refractivity contribution in [1.82, 2.24) is 4.98 Å². The molecule has 0 bridgehead atoms. The van der Waals surface area contributed by atoms with Gasteiger partial charge in [0, 0.05) is 5.39 Å². The van der Waals surface area contributed by atoms with E-state index in [9.17, 15) is 9.90 Å². The Hall–Kier alpha value is -2.36. The van der Waals surface area contributed by atoms with Crippen LogP contribution in [0.2, 0.25) is 10.0 Å². The molecule has 1 heterocycles. The van der Waals surface area contributed by atoms with E-state index in [4.69, 9.17) is 28.2 Å². The zero-order valence-corrected chi connectivity index (χ0v) is 18.7. The Kier molecular flexibility index (Phi) is 5.37. The Balaban J connectivity index is 2.03. The lowest BCUT2D eigenvalue weighted by atomic mass is 9.69. The van der Waals surface area contributed by atoms with Crippen molar-refractivity contribution in [2.24, 2.45) is 11.3 Å². The molecule has 1 N–H and O–H groups in total. The summed E-state index contributed by atoms with van der Waals surface area (Å²) in [5.41, 5.74) is 4.41. The molecule has 0 saturated heterocycles. The minimum Gasteiger partial charge on any atom is -0.478 e. The summed E-state index contributed by atoms with van der Waals surface area (Å²) in [6.07, 6.45) is 3.49. The lowest BCUT2D eigenvalue weighted by molar-refractivity contribution is 0.0696. The number of benzene rings is 2. The Bertz CT molecular complexity index is 1190. The number of carboxylic acid groups (broad SMARTS) is 1. The monoisotopic (exact) mass is 439 g/mol. The van der Waals surface area contributed by atoms with Crippen LogP contribution in [0, 0.1) is 11.3 Å². The SMILES string of the molecule is CC(C)(C)C1CC(=Cc2cccc(Cl)c2Cl)c2nc3ccccc3c(C(=O)O)c2C1. The summed E-state index contributed by atoms with van der Waals surface area (Å²) < 4.78 is 0. The van der Waals surface area contributed by atoms with Crippen molar-refractivity contribution in [1.29, 1.82) is 0 Å². The highest BCUT2D eigenvalue weighted by atomic mass is 35.5. The van der Waals surface area contributed by atoms with Crippen LogP contribution in [0.4, 0.5) is 0 Å². The Morgan fingerprint density at radius 1 is 1.10 bits per heavy atom. The summed E-state index contributed by atoms with van der Waals surface area (Å²) in [6, 6.07) is 13.0. The van der Waals surface area contributed by atoms with Gasteiger partial charge in [0.2, 0.25) is 0 Å². The van der Waals surface area contributed by atoms with Gasteiger partial charge in [-0.25, -0.2) is 9.78 Å². The first-order valence-corrected chi connectivity index (χ1v) is 10.7.